The van der Waals surface area contributed by atoms with E-state index in [4.69, 9.17) is 5.73 Å². The molecule has 1 aliphatic heterocycles. The Kier molecular flexibility index (Phi) is 4.07. The summed E-state index contributed by atoms with van der Waals surface area (Å²) in [5.74, 6) is -1.04. The summed E-state index contributed by atoms with van der Waals surface area (Å²) in [4.78, 5) is 2.19. The maximum absolute atomic E-state index is 13.7. The Bertz CT molecular complexity index is 376. The Morgan fingerprint density at radius 2 is 1.88 bits per heavy atom. The molecule has 1 atom stereocenters. The van der Waals surface area contributed by atoms with Gasteiger partial charge in [-0.25, -0.2) is 8.78 Å². The molecular formula is C13H18F2N2. The standard InChI is InChI=1S/C13H18F2N2/c14-10-4-5-11(12(15)8-10)13(9-16)17-6-2-1-3-7-17/h4-5,8,13H,1-3,6-7,9,16H2. The molecule has 0 amide bonds. The smallest absolute Gasteiger partial charge is 0.130 e. The lowest BCUT2D eigenvalue weighted by Gasteiger charge is -2.34. The van der Waals surface area contributed by atoms with Crippen LogP contribution in [0.5, 0.6) is 0 Å². The lowest BCUT2D eigenvalue weighted by atomic mass is 10.0. The minimum absolute atomic E-state index is 0.129. The Morgan fingerprint density at radius 3 is 2.47 bits per heavy atom. The molecule has 1 heterocycles. The quantitative estimate of drug-likeness (QED) is 0.879. The number of likely N-dealkylation sites (tertiary alicyclic amines) is 1. The number of rotatable bonds is 3. The molecular weight excluding hydrogens is 222 g/mol. The van der Waals surface area contributed by atoms with Gasteiger partial charge in [0.1, 0.15) is 11.6 Å². The third kappa shape index (κ3) is 2.82. The molecule has 1 saturated heterocycles. The van der Waals surface area contributed by atoms with Gasteiger partial charge in [0, 0.05) is 24.2 Å². The van der Waals surface area contributed by atoms with Crippen LogP contribution in [-0.4, -0.2) is 24.5 Å². The molecule has 0 saturated carbocycles. The monoisotopic (exact) mass is 240 g/mol. The lowest BCUT2D eigenvalue weighted by molar-refractivity contribution is 0.164. The molecule has 2 nitrogen and oxygen atoms in total. The number of nitrogens with two attached hydrogens (primary N) is 1. The lowest BCUT2D eigenvalue weighted by Crippen LogP contribution is -2.38. The van der Waals surface area contributed by atoms with Gasteiger partial charge in [0.15, 0.2) is 0 Å². The van der Waals surface area contributed by atoms with Crippen LogP contribution in [-0.2, 0) is 0 Å². The first-order chi connectivity index (χ1) is 8.22. The van der Waals surface area contributed by atoms with E-state index in [1.807, 2.05) is 0 Å². The summed E-state index contributed by atoms with van der Waals surface area (Å²) in [5.41, 5.74) is 6.25. The number of hydrogen-bond donors (Lipinski definition) is 1. The third-order valence-corrected chi connectivity index (χ3v) is 3.38. The molecule has 1 aromatic carbocycles. The number of nitrogens with zero attached hydrogens (tertiary/aromatic N) is 1. The first-order valence-electron chi connectivity index (χ1n) is 6.11. The molecule has 2 rings (SSSR count). The van der Waals surface area contributed by atoms with Crippen LogP contribution in [0.4, 0.5) is 8.78 Å². The molecule has 0 bridgehead atoms. The fourth-order valence-corrected chi connectivity index (χ4v) is 2.47. The summed E-state index contributed by atoms with van der Waals surface area (Å²) in [7, 11) is 0. The van der Waals surface area contributed by atoms with Crippen LogP contribution >= 0.6 is 0 Å². The second kappa shape index (κ2) is 5.56. The van der Waals surface area contributed by atoms with Crippen molar-refractivity contribution in [2.75, 3.05) is 19.6 Å². The van der Waals surface area contributed by atoms with Gasteiger partial charge in [-0.2, -0.15) is 0 Å². The van der Waals surface area contributed by atoms with Gasteiger partial charge in [0.25, 0.3) is 0 Å². The van der Waals surface area contributed by atoms with Gasteiger partial charge >= 0.3 is 0 Å². The molecule has 94 valence electrons. The number of halogens is 2. The molecule has 0 aliphatic carbocycles. The highest BCUT2D eigenvalue weighted by Crippen LogP contribution is 2.26. The maximum Gasteiger partial charge on any atom is 0.130 e. The average molecular weight is 240 g/mol. The van der Waals surface area contributed by atoms with E-state index in [-0.39, 0.29) is 6.04 Å². The van der Waals surface area contributed by atoms with Crippen molar-refractivity contribution in [1.82, 2.24) is 4.90 Å². The summed E-state index contributed by atoms with van der Waals surface area (Å²) in [5, 5.41) is 0. The van der Waals surface area contributed by atoms with Crippen molar-refractivity contribution in [2.45, 2.75) is 25.3 Å². The van der Waals surface area contributed by atoms with Crippen LogP contribution in [0.2, 0.25) is 0 Å². The van der Waals surface area contributed by atoms with Crippen molar-refractivity contribution in [3.63, 3.8) is 0 Å². The van der Waals surface area contributed by atoms with Crippen LogP contribution in [0.15, 0.2) is 18.2 Å². The number of benzene rings is 1. The van der Waals surface area contributed by atoms with Crippen LogP contribution < -0.4 is 5.73 Å². The fourth-order valence-electron chi connectivity index (χ4n) is 2.47. The summed E-state index contributed by atoms with van der Waals surface area (Å²) in [6.45, 7) is 2.25. The summed E-state index contributed by atoms with van der Waals surface area (Å²) in [6, 6.07) is 3.61. The van der Waals surface area contributed by atoms with Gasteiger partial charge in [-0.3, -0.25) is 4.90 Å². The molecule has 0 radical (unpaired) electrons. The highest BCUT2D eigenvalue weighted by atomic mass is 19.1. The van der Waals surface area contributed by atoms with E-state index in [1.165, 1.54) is 18.6 Å². The molecule has 1 aromatic rings. The fraction of sp³-hybridized carbons (Fsp3) is 0.538. The van der Waals surface area contributed by atoms with Gasteiger partial charge in [0.05, 0.1) is 0 Å². The van der Waals surface area contributed by atoms with Crippen LogP contribution in [0.25, 0.3) is 0 Å². The summed E-state index contributed by atoms with van der Waals surface area (Å²) in [6.07, 6.45) is 3.47. The first kappa shape index (κ1) is 12.5. The Labute approximate surface area is 100 Å². The molecule has 4 heteroatoms. The highest BCUT2D eigenvalue weighted by Gasteiger charge is 2.23. The van der Waals surface area contributed by atoms with E-state index >= 15 is 0 Å². The van der Waals surface area contributed by atoms with Crippen molar-refractivity contribution in [2.24, 2.45) is 5.73 Å². The van der Waals surface area contributed by atoms with E-state index in [2.05, 4.69) is 4.90 Å². The van der Waals surface area contributed by atoms with Crippen molar-refractivity contribution < 1.29 is 8.78 Å². The van der Waals surface area contributed by atoms with E-state index in [0.29, 0.717) is 12.1 Å². The molecule has 2 N–H and O–H groups in total. The molecule has 17 heavy (non-hydrogen) atoms. The number of piperidine rings is 1. The summed E-state index contributed by atoms with van der Waals surface area (Å²) >= 11 is 0. The van der Waals surface area contributed by atoms with Crippen LogP contribution in [0.1, 0.15) is 30.9 Å². The Hall–Kier alpha value is -1.00. The molecule has 0 aromatic heterocycles. The molecule has 0 spiro atoms. The Morgan fingerprint density at radius 1 is 1.18 bits per heavy atom. The van der Waals surface area contributed by atoms with Gasteiger partial charge < -0.3 is 5.73 Å². The SMILES string of the molecule is NCC(c1ccc(F)cc1F)N1CCCCC1. The zero-order valence-corrected chi connectivity index (χ0v) is 9.83. The van der Waals surface area contributed by atoms with E-state index in [0.717, 1.165) is 32.0 Å². The number of hydrogen-bond acceptors (Lipinski definition) is 2. The van der Waals surface area contributed by atoms with Crippen molar-refractivity contribution >= 4 is 0 Å². The normalized spacial score (nSPS) is 19.2. The second-order valence-electron chi connectivity index (χ2n) is 4.51. The van der Waals surface area contributed by atoms with Crippen LogP contribution in [0, 0.1) is 11.6 Å². The van der Waals surface area contributed by atoms with Crippen LogP contribution in [0.3, 0.4) is 0 Å². The van der Waals surface area contributed by atoms with Crippen molar-refractivity contribution in [3.05, 3.63) is 35.4 Å². The van der Waals surface area contributed by atoms with Gasteiger partial charge in [-0.05, 0) is 32.0 Å². The van der Waals surface area contributed by atoms with Gasteiger partial charge in [-0.1, -0.05) is 12.5 Å². The highest BCUT2D eigenvalue weighted by molar-refractivity contribution is 5.22. The molecule has 1 fully saturated rings. The predicted molar refractivity (Wildman–Crippen MR) is 63.6 cm³/mol. The second-order valence-corrected chi connectivity index (χ2v) is 4.51. The van der Waals surface area contributed by atoms with Gasteiger partial charge in [-0.15, -0.1) is 0 Å². The van der Waals surface area contributed by atoms with Crippen molar-refractivity contribution in [3.8, 4) is 0 Å². The topological polar surface area (TPSA) is 29.3 Å². The maximum atomic E-state index is 13.7. The summed E-state index contributed by atoms with van der Waals surface area (Å²) < 4.78 is 26.6. The largest absolute Gasteiger partial charge is 0.329 e. The molecule has 1 unspecified atom stereocenters. The minimum atomic E-state index is -0.541. The minimum Gasteiger partial charge on any atom is -0.329 e. The van der Waals surface area contributed by atoms with Gasteiger partial charge in [0.2, 0.25) is 0 Å². The average Bonchev–Trinajstić information content (AvgIpc) is 2.34. The van der Waals surface area contributed by atoms with E-state index < -0.39 is 11.6 Å². The van der Waals surface area contributed by atoms with E-state index in [1.54, 1.807) is 0 Å². The predicted octanol–water partition coefficient (Wildman–Crippen LogP) is 2.45. The first-order valence-corrected chi connectivity index (χ1v) is 6.11. The van der Waals surface area contributed by atoms with Crippen molar-refractivity contribution in [1.29, 1.82) is 0 Å². The Balaban J connectivity index is 2.21. The third-order valence-electron chi connectivity index (χ3n) is 3.38. The zero-order chi connectivity index (χ0) is 12.3. The zero-order valence-electron chi connectivity index (χ0n) is 9.83. The van der Waals surface area contributed by atoms with E-state index in [9.17, 15) is 8.78 Å². The molecule has 1 aliphatic rings.